The molecule has 7 heteroatoms. The molecule has 3 rings (SSSR count). The van der Waals surface area contributed by atoms with Crippen LogP contribution in [0.3, 0.4) is 0 Å². The van der Waals surface area contributed by atoms with Crippen molar-refractivity contribution < 1.29 is 9.84 Å². The fourth-order valence-corrected chi connectivity index (χ4v) is 3.73. The minimum atomic E-state index is 0.0131. The number of nitrogens with one attached hydrogen (secondary N) is 2. The standard InChI is InChI=1S/C20H31N5O2/c1-16-24-17-6-3-4-7-18(17)25(16)11-5-10-22-19(21-2)23-14-20(8-12-26)9-13-27-15-20/h3-4,6-7,26H,5,8-15H2,1-2H3,(H2,21,22,23). The molecule has 1 aromatic carbocycles. The van der Waals surface area contributed by atoms with Crippen LogP contribution < -0.4 is 10.6 Å². The Morgan fingerprint density at radius 3 is 2.96 bits per heavy atom. The van der Waals surface area contributed by atoms with Gasteiger partial charge in [-0.15, -0.1) is 0 Å². The highest BCUT2D eigenvalue weighted by molar-refractivity contribution is 5.79. The fraction of sp³-hybridized carbons (Fsp3) is 0.600. The highest BCUT2D eigenvalue weighted by Crippen LogP contribution is 2.31. The minimum Gasteiger partial charge on any atom is -0.396 e. The van der Waals surface area contributed by atoms with E-state index in [4.69, 9.17) is 4.74 Å². The van der Waals surface area contributed by atoms with Crippen LogP contribution in [0.2, 0.25) is 0 Å². The monoisotopic (exact) mass is 373 g/mol. The van der Waals surface area contributed by atoms with Gasteiger partial charge in [-0.2, -0.15) is 0 Å². The highest BCUT2D eigenvalue weighted by Gasteiger charge is 2.34. The zero-order chi connectivity index (χ0) is 19.1. The molecule has 2 aromatic rings. The second kappa shape index (κ2) is 9.19. The van der Waals surface area contributed by atoms with Gasteiger partial charge in [-0.1, -0.05) is 12.1 Å². The first-order valence-corrected chi connectivity index (χ1v) is 9.72. The third kappa shape index (κ3) is 4.78. The summed E-state index contributed by atoms with van der Waals surface area (Å²) in [6, 6.07) is 8.25. The Bertz CT molecular complexity index is 765. The zero-order valence-corrected chi connectivity index (χ0v) is 16.4. The van der Waals surface area contributed by atoms with Crippen molar-refractivity contribution in [2.24, 2.45) is 10.4 Å². The van der Waals surface area contributed by atoms with E-state index in [1.807, 2.05) is 6.07 Å². The quantitative estimate of drug-likeness (QED) is 0.373. The molecule has 1 atom stereocenters. The minimum absolute atomic E-state index is 0.0131. The van der Waals surface area contributed by atoms with Gasteiger partial charge in [-0.05, 0) is 38.3 Å². The zero-order valence-electron chi connectivity index (χ0n) is 16.4. The van der Waals surface area contributed by atoms with Crippen LogP contribution in [-0.4, -0.2) is 60.6 Å². The van der Waals surface area contributed by atoms with E-state index < -0.39 is 0 Å². The molecule has 0 saturated carbocycles. The maximum absolute atomic E-state index is 9.34. The van der Waals surface area contributed by atoms with Crippen molar-refractivity contribution in [1.29, 1.82) is 0 Å². The fourth-order valence-electron chi connectivity index (χ4n) is 3.73. The summed E-state index contributed by atoms with van der Waals surface area (Å²) in [5.41, 5.74) is 2.25. The van der Waals surface area contributed by atoms with Crippen LogP contribution in [0.1, 0.15) is 25.1 Å². The molecule has 1 saturated heterocycles. The number of hydrogen-bond acceptors (Lipinski definition) is 4. The number of aryl methyl sites for hydroxylation is 2. The molecule has 148 valence electrons. The van der Waals surface area contributed by atoms with Gasteiger partial charge in [0.25, 0.3) is 0 Å². The Hall–Kier alpha value is -2.12. The van der Waals surface area contributed by atoms with Gasteiger partial charge in [0.1, 0.15) is 5.82 Å². The van der Waals surface area contributed by atoms with Crippen molar-refractivity contribution in [3.63, 3.8) is 0 Å². The average molecular weight is 374 g/mol. The molecular weight excluding hydrogens is 342 g/mol. The number of aliphatic hydroxyl groups excluding tert-OH is 1. The lowest BCUT2D eigenvalue weighted by Gasteiger charge is -2.27. The number of aliphatic imine (C=N–C) groups is 1. The molecule has 1 unspecified atom stereocenters. The lowest BCUT2D eigenvalue weighted by molar-refractivity contribution is 0.127. The van der Waals surface area contributed by atoms with Crippen molar-refractivity contribution in [1.82, 2.24) is 20.2 Å². The van der Waals surface area contributed by atoms with Gasteiger partial charge >= 0.3 is 0 Å². The lowest BCUT2D eigenvalue weighted by Crippen LogP contribution is -2.44. The summed E-state index contributed by atoms with van der Waals surface area (Å²) in [7, 11) is 1.78. The van der Waals surface area contributed by atoms with Crippen molar-refractivity contribution >= 4 is 17.0 Å². The first-order valence-electron chi connectivity index (χ1n) is 9.72. The maximum atomic E-state index is 9.34. The molecule has 1 aliphatic heterocycles. The summed E-state index contributed by atoms with van der Waals surface area (Å²) in [5, 5.41) is 16.1. The number of para-hydroxylation sites is 2. The van der Waals surface area contributed by atoms with Crippen LogP contribution in [0.5, 0.6) is 0 Å². The number of rotatable bonds is 8. The Balaban J connectivity index is 1.46. The van der Waals surface area contributed by atoms with Crippen LogP contribution in [-0.2, 0) is 11.3 Å². The van der Waals surface area contributed by atoms with E-state index >= 15 is 0 Å². The number of aromatic nitrogens is 2. The summed E-state index contributed by atoms with van der Waals surface area (Å²) in [6.45, 7) is 6.22. The van der Waals surface area contributed by atoms with Crippen molar-refractivity contribution in [3.8, 4) is 0 Å². The molecule has 0 bridgehead atoms. The molecule has 3 N–H and O–H groups in total. The molecular formula is C20H31N5O2. The summed E-state index contributed by atoms with van der Waals surface area (Å²) < 4.78 is 7.81. The molecule has 1 fully saturated rings. The summed E-state index contributed by atoms with van der Waals surface area (Å²) >= 11 is 0. The second-order valence-electron chi connectivity index (χ2n) is 7.28. The van der Waals surface area contributed by atoms with E-state index in [1.54, 1.807) is 7.05 Å². The van der Waals surface area contributed by atoms with Crippen LogP contribution in [0.15, 0.2) is 29.3 Å². The van der Waals surface area contributed by atoms with Crippen LogP contribution >= 0.6 is 0 Å². The Morgan fingerprint density at radius 2 is 2.22 bits per heavy atom. The largest absolute Gasteiger partial charge is 0.396 e. The van der Waals surface area contributed by atoms with Crippen molar-refractivity contribution in [2.45, 2.75) is 32.7 Å². The Labute approximate surface area is 160 Å². The van der Waals surface area contributed by atoms with E-state index in [2.05, 4.69) is 50.3 Å². The number of ether oxygens (including phenoxy) is 1. The third-order valence-electron chi connectivity index (χ3n) is 5.38. The Morgan fingerprint density at radius 1 is 1.37 bits per heavy atom. The third-order valence-corrected chi connectivity index (χ3v) is 5.38. The number of hydrogen-bond donors (Lipinski definition) is 3. The predicted molar refractivity (Wildman–Crippen MR) is 108 cm³/mol. The molecule has 0 spiro atoms. The second-order valence-corrected chi connectivity index (χ2v) is 7.28. The smallest absolute Gasteiger partial charge is 0.190 e. The van der Waals surface area contributed by atoms with Crippen LogP contribution in [0.4, 0.5) is 0 Å². The van der Waals surface area contributed by atoms with Gasteiger partial charge in [-0.25, -0.2) is 4.98 Å². The molecule has 0 amide bonds. The van der Waals surface area contributed by atoms with Crippen LogP contribution in [0, 0.1) is 12.3 Å². The summed E-state index contributed by atoms with van der Waals surface area (Å²) in [4.78, 5) is 8.93. The van der Waals surface area contributed by atoms with Crippen molar-refractivity contribution in [2.75, 3.05) is 40.0 Å². The summed E-state index contributed by atoms with van der Waals surface area (Å²) in [6.07, 6.45) is 2.71. The van der Waals surface area contributed by atoms with Gasteiger partial charge in [0, 0.05) is 45.3 Å². The number of benzene rings is 1. The van der Waals surface area contributed by atoms with Crippen molar-refractivity contribution in [3.05, 3.63) is 30.1 Å². The molecule has 1 aromatic heterocycles. The molecule has 7 nitrogen and oxygen atoms in total. The SMILES string of the molecule is CN=C(NCCCn1c(C)nc2ccccc21)NCC1(CCO)CCOC1. The van der Waals surface area contributed by atoms with Gasteiger partial charge in [0.2, 0.25) is 0 Å². The first kappa shape index (κ1) is 19.6. The number of aliphatic hydroxyl groups is 1. The lowest BCUT2D eigenvalue weighted by atomic mass is 9.84. The van der Waals surface area contributed by atoms with Gasteiger partial charge in [0.05, 0.1) is 17.6 Å². The maximum Gasteiger partial charge on any atom is 0.190 e. The average Bonchev–Trinajstić information content (AvgIpc) is 3.26. The van der Waals surface area contributed by atoms with E-state index in [9.17, 15) is 5.11 Å². The molecule has 27 heavy (non-hydrogen) atoms. The van der Waals surface area contributed by atoms with Crippen LogP contribution in [0.25, 0.3) is 11.0 Å². The topological polar surface area (TPSA) is 83.7 Å². The highest BCUT2D eigenvalue weighted by atomic mass is 16.5. The predicted octanol–water partition coefficient (Wildman–Crippen LogP) is 1.69. The number of imidazole rings is 1. The molecule has 0 radical (unpaired) electrons. The normalized spacial score (nSPS) is 20.3. The number of guanidine groups is 1. The van der Waals surface area contributed by atoms with Gasteiger partial charge < -0.3 is 25.0 Å². The molecule has 2 heterocycles. The van der Waals surface area contributed by atoms with E-state index in [0.717, 1.165) is 62.8 Å². The number of nitrogens with zero attached hydrogens (tertiary/aromatic N) is 3. The van der Waals surface area contributed by atoms with E-state index in [1.165, 1.54) is 5.52 Å². The van der Waals surface area contributed by atoms with Gasteiger partial charge in [0.15, 0.2) is 5.96 Å². The first-order chi connectivity index (χ1) is 13.2. The van der Waals surface area contributed by atoms with Gasteiger partial charge in [-0.3, -0.25) is 4.99 Å². The molecule has 0 aliphatic carbocycles. The van der Waals surface area contributed by atoms with E-state index in [0.29, 0.717) is 6.61 Å². The summed E-state index contributed by atoms with van der Waals surface area (Å²) in [5.74, 6) is 1.84. The van der Waals surface area contributed by atoms with E-state index in [-0.39, 0.29) is 12.0 Å². The molecule has 1 aliphatic rings. The Kier molecular flexibility index (Phi) is 6.68. The number of fused-ring (bicyclic) bond motifs is 1.